The highest BCUT2D eigenvalue weighted by Gasteiger charge is 2.00. The van der Waals surface area contributed by atoms with Crippen LogP contribution in [0.4, 0.5) is 10.1 Å². The molecule has 13 heavy (non-hydrogen) atoms. The maximum absolute atomic E-state index is 12.9. The molecule has 1 nitrogen and oxygen atoms in total. The van der Waals surface area contributed by atoms with Crippen molar-refractivity contribution in [2.24, 2.45) is 0 Å². The molecule has 0 radical (unpaired) electrons. The van der Waals surface area contributed by atoms with Gasteiger partial charge in [-0.1, -0.05) is 21.9 Å². The highest BCUT2D eigenvalue weighted by atomic mass is 79.9. The van der Waals surface area contributed by atoms with Crippen LogP contribution in [-0.2, 0) is 0 Å². The maximum Gasteiger partial charge on any atom is 0.126 e. The summed E-state index contributed by atoms with van der Waals surface area (Å²) < 4.78 is 13.6. The molecule has 0 saturated carbocycles. The molecule has 1 atom stereocenters. The fourth-order valence-electron chi connectivity index (χ4n) is 0.929. The van der Waals surface area contributed by atoms with Gasteiger partial charge in [0.2, 0.25) is 0 Å². The molecule has 1 aromatic rings. The van der Waals surface area contributed by atoms with E-state index in [1.54, 1.807) is 6.07 Å². The molecular formula is C10H9BrFN. The van der Waals surface area contributed by atoms with E-state index < -0.39 is 0 Å². The van der Waals surface area contributed by atoms with Crippen LogP contribution in [0, 0.1) is 18.2 Å². The predicted molar refractivity (Wildman–Crippen MR) is 56.0 cm³/mol. The number of terminal acetylenes is 1. The SMILES string of the molecule is C#CC(C)Nc1cc(F)cc(Br)c1. The smallest absolute Gasteiger partial charge is 0.126 e. The van der Waals surface area contributed by atoms with Crippen LogP contribution in [-0.4, -0.2) is 6.04 Å². The molecule has 0 spiro atoms. The second kappa shape index (κ2) is 4.29. The fourth-order valence-corrected chi connectivity index (χ4v) is 1.39. The Morgan fingerprint density at radius 1 is 1.54 bits per heavy atom. The van der Waals surface area contributed by atoms with Crippen molar-refractivity contribution in [3.63, 3.8) is 0 Å². The van der Waals surface area contributed by atoms with Gasteiger partial charge in [0.05, 0.1) is 6.04 Å². The summed E-state index contributed by atoms with van der Waals surface area (Å²) in [7, 11) is 0. The van der Waals surface area contributed by atoms with Crippen LogP contribution in [0.25, 0.3) is 0 Å². The fraction of sp³-hybridized carbons (Fsp3) is 0.200. The largest absolute Gasteiger partial charge is 0.372 e. The zero-order valence-corrected chi connectivity index (χ0v) is 8.73. The van der Waals surface area contributed by atoms with E-state index in [0.29, 0.717) is 10.2 Å². The van der Waals surface area contributed by atoms with Crippen LogP contribution >= 0.6 is 15.9 Å². The molecular weight excluding hydrogens is 233 g/mol. The first-order valence-electron chi connectivity index (χ1n) is 3.80. The quantitative estimate of drug-likeness (QED) is 0.786. The zero-order chi connectivity index (χ0) is 9.84. The Bertz CT molecular complexity index is 323. The lowest BCUT2D eigenvalue weighted by Gasteiger charge is -2.09. The molecule has 1 N–H and O–H groups in total. The minimum Gasteiger partial charge on any atom is -0.372 e. The number of hydrogen-bond acceptors (Lipinski definition) is 1. The third kappa shape index (κ3) is 3.08. The highest BCUT2D eigenvalue weighted by Crippen LogP contribution is 2.18. The van der Waals surface area contributed by atoms with Gasteiger partial charge in [-0.25, -0.2) is 4.39 Å². The van der Waals surface area contributed by atoms with Gasteiger partial charge in [0, 0.05) is 10.2 Å². The van der Waals surface area contributed by atoms with Gasteiger partial charge in [-0.2, -0.15) is 0 Å². The summed E-state index contributed by atoms with van der Waals surface area (Å²) in [5.41, 5.74) is 0.678. The molecule has 0 heterocycles. The van der Waals surface area contributed by atoms with Crippen molar-refractivity contribution in [3.8, 4) is 12.3 Å². The normalized spacial score (nSPS) is 11.8. The van der Waals surface area contributed by atoms with Crippen molar-refractivity contribution in [1.29, 1.82) is 0 Å². The zero-order valence-electron chi connectivity index (χ0n) is 7.14. The van der Waals surface area contributed by atoms with Crippen LogP contribution in [0.1, 0.15) is 6.92 Å². The first-order chi connectivity index (χ1) is 6.11. The maximum atomic E-state index is 12.9. The topological polar surface area (TPSA) is 12.0 Å². The molecule has 0 aliphatic rings. The van der Waals surface area contributed by atoms with E-state index in [0.717, 1.165) is 0 Å². The molecule has 1 rings (SSSR count). The summed E-state index contributed by atoms with van der Waals surface area (Å²) in [6, 6.07) is 4.47. The number of anilines is 1. The molecule has 0 fully saturated rings. The van der Waals surface area contributed by atoms with Gasteiger partial charge in [0.15, 0.2) is 0 Å². The molecule has 3 heteroatoms. The van der Waals surface area contributed by atoms with E-state index in [-0.39, 0.29) is 11.9 Å². The van der Waals surface area contributed by atoms with E-state index >= 15 is 0 Å². The monoisotopic (exact) mass is 241 g/mol. The van der Waals surface area contributed by atoms with Crippen molar-refractivity contribution < 1.29 is 4.39 Å². The average Bonchev–Trinajstić information content (AvgIpc) is 2.02. The van der Waals surface area contributed by atoms with Crippen LogP contribution in [0.15, 0.2) is 22.7 Å². The number of rotatable bonds is 2. The summed E-state index contributed by atoms with van der Waals surface area (Å²) >= 11 is 3.19. The van der Waals surface area contributed by atoms with Crippen molar-refractivity contribution in [2.75, 3.05) is 5.32 Å². The molecule has 1 aromatic carbocycles. The second-order valence-electron chi connectivity index (χ2n) is 2.69. The van der Waals surface area contributed by atoms with Gasteiger partial charge >= 0.3 is 0 Å². The summed E-state index contributed by atoms with van der Waals surface area (Å²) in [6.45, 7) is 1.83. The van der Waals surface area contributed by atoms with Gasteiger partial charge in [-0.3, -0.25) is 0 Å². The first-order valence-corrected chi connectivity index (χ1v) is 4.60. The van der Waals surface area contributed by atoms with Crippen LogP contribution < -0.4 is 5.32 Å². The van der Waals surface area contributed by atoms with E-state index in [9.17, 15) is 4.39 Å². The lowest BCUT2D eigenvalue weighted by molar-refractivity contribution is 0.627. The lowest BCUT2D eigenvalue weighted by Crippen LogP contribution is -2.11. The molecule has 68 valence electrons. The van der Waals surface area contributed by atoms with Crippen molar-refractivity contribution in [1.82, 2.24) is 0 Å². The summed E-state index contributed by atoms with van der Waals surface area (Å²) in [5.74, 6) is 2.21. The van der Waals surface area contributed by atoms with E-state index in [4.69, 9.17) is 6.42 Å². The number of halogens is 2. The Morgan fingerprint density at radius 2 is 2.23 bits per heavy atom. The number of benzene rings is 1. The number of hydrogen-bond donors (Lipinski definition) is 1. The van der Waals surface area contributed by atoms with Crippen LogP contribution in [0.2, 0.25) is 0 Å². The van der Waals surface area contributed by atoms with E-state index in [2.05, 4.69) is 27.2 Å². The molecule has 0 amide bonds. The molecule has 0 aromatic heterocycles. The first kappa shape index (κ1) is 10.1. The van der Waals surface area contributed by atoms with Crippen molar-refractivity contribution >= 4 is 21.6 Å². The van der Waals surface area contributed by atoms with Crippen molar-refractivity contribution in [2.45, 2.75) is 13.0 Å². The molecule has 0 aliphatic heterocycles. The van der Waals surface area contributed by atoms with Crippen LogP contribution in [0.3, 0.4) is 0 Å². The summed E-state index contributed by atoms with van der Waals surface area (Å²) in [4.78, 5) is 0. The average molecular weight is 242 g/mol. The van der Waals surface area contributed by atoms with Crippen molar-refractivity contribution in [3.05, 3.63) is 28.5 Å². The molecule has 1 unspecified atom stereocenters. The van der Waals surface area contributed by atoms with Gasteiger partial charge in [0.1, 0.15) is 5.82 Å². The van der Waals surface area contributed by atoms with Gasteiger partial charge in [0.25, 0.3) is 0 Å². The Kier molecular flexibility index (Phi) is 3.32. The minimum absolute atomic E-state index is 0.103. The summed E-state index contributed by atoms with van der Waals surface area (Å²) in [5, 5.41) is 2.97. The van der Waals surface area contributed by atoms with E-state index in [1.807, 2.05) is 6.92 Å². The molecule has 0 aliphatic carbocycles. The Balaban J connectivity index is 2.84. The molecule has 0 saturated heterocycles. The van der Waals surface area contributed by atoms with Gasteiger partial charge in [-0.15, -0.1) is 6.42 Å². The Labute approximate surface area is 85.5 Å². The predicted octanol–water partition coefficient (Wildman–Crippen LogP) is 3.02. The van der Waals surface area contributed by atoms with E-state index in [1.165, 1.54) is 12.1 Å². The second-order valence-corrected chi connectivity index (χ2v) is 3.61. The lowest BCUT2D eigenvalue weighted by atomic mass is 10.2. The minimum atomic E-state index is -0.291. The molecule has 0 bridgehead atoms. The highest BCUT2D eigenvalue weighted by molar-refractivity contribution is 9.10. The third-order valence-corrected chi connectivity index (χ3v) is 1.95. The summed E-state index contributed by atoms with van der Waals surface area (Å²) in [6.07, 6.45) is 5.18. The van der Waals surface area contributed by atoms with Gasteiger partial charge in [-0.05, 0) is 25.1 Å². The number of nitrogens with one attached hydrogen (secondary N) is 1. The standard InChI is InChI=1S/C10H9BrFN/c1-3-7(2)13-10-5-8(11)4-9(12)6-10/h1,4-7,13H,2H3. The Morgan fingerprint density at radius 3 is 2.77 bits per heavy atom. The third-order valence-electron chi connectivity index (χ3n) is 1.50. The van der Waals surface area contributed by atoms with Gasteiger partial charge < -0.3 is 5.32 Å². The Hall–Kier alpha value is -1.01. The van der Waals surface area contributed by atoms with Crippen LogP contribution in [0.5, 0.6) is 0 Å².